The van der Waals surface area contributed by atoms with E-state index in [1.54, 1.807) is 53.5 Å². The highest BCUT2D eigenvalue weighted by molar-refractivity contribution is 8.00. The summed E-state index contributed by atoms with van der Waals surface area (Å²) in [6, 6.07) is 12.7. The maximum Gasteiger partial charge on any atom is 0.258 e. The number of nitrogens with one attached hydrogen (secondary N) is 1. The number of aromatic nitrogens is 2. The van der Waals surface area contributed by atoms with E-state index in [1.165, 1.54) is 0 Å². The molecule has 0 fully saturated rings. The predicted molar refractivity (Wildman–Crippen MR) is 125 cm³/mol. The first-order valence-electron chi connectivity index (χ1n) is 10.1. The molecule has 2 heterocycles. The molecule has 1 aliphatic rings. The van der Waals surface area contributed by atoms with Gasteiger partial charge in [0.05, 0.1) is 12.0 Å². The minimum atomic E-state index is -0.115. The molecular formula is C23H23ClN4O2S. The van der Waals surface area contributed by atoms with Crippen LogP contribution in [0.3, 0.4) is 0 Å². The molecule has 1 N–H and O–H groups in total. The molecule has 0 spiro atoms. The summed E-state index contributed by atoms with van der Waals surface area (Å²) in [7, 11) is 0. The molecule has 0 saturated heterocycles. The van der Waals surface area contributed by atoms with Crippen molar-refractivity contribution in [1.82, 2.24) is 9.55 Å². The summed E-state index contributed by atoms with van der Waals surface area (Å²) < 4.78 is 1.85. The third-order valence-corrected chi connectivity index (χ3v) is 6.57. The molecule has 4 rings (SSSR count). The summed E-state index contributed by atoms with van der Waals surface area (Å²) in [5, 5.41) is 3.89. The first-order valence-corrected chi connectivity index (χ1v) is 11.4. The Morgan fingerprint density at radius 2 is 2.13 bits per heavy atom. The van der Waals surface area contributed by atoms with Crippen LogP contribution < -0.4 is 10.2 Å². The second kappa shape index (κ2) is 9.58. The molecule has 1 aliphatic heterocycles. The number of carbonyl (C=O) groups is 2. The maximum atomic E-state index is 13.4. The van der Waals surface area contributed by atoms with Crippen LogP contribution in [-0.4, -0.2) is 33.2 Å². The van der Waals surface area contributed by atoms with E-state index in [0.717, 1.165) is 17.0 Å². The molecule has 3 aromatic rings. The van der Waals surface area contributed by atoms with Crippen LogP contribution in [0.1, 0.15) is 30.1 Å². The van der Waals surface area contributed by atoms with Gasteiger partial charge in [0, 0.05) is 58.3 Å². The van der Waals surface area contributed by atoms with Crippen LogP contribution >= 0.6 is 23.4 Å². The van der Waals surface area contributed by atoms with Gasteiger partial charge in [-0.2, -0.15) is 0 Å². The van der Waals surface area contributed by atoms with Crippen LogP contribution in [0, 0.1) is 0 Å². The molecule has 2 amide bonds. The van der Waals surface area contributed by atoms with Gasteiger partial charge < -0.3 is 14.8 Å². The Morgan fingerprint density at radius 3 is 2.94 bits per heavy atom. The standard InChI is InChI=1S/C23H23ClN4O2S/c1-16-7-11-28(20-14-18(24)5-6-21(20)31-16)23(30)17-3-2-4-19(13-17)26-22(29)8-10-27-12-9-25-15-27/h2-6,9,12-16H,7-8,10-11H2,1H3,(H,26,29). The smallest absolute Gasteiger partial charge is 0.258 e. The minimum absolute atomic E-state index is 0.104. The van der Waals surface area contributed by atoms with Crippen LogP contribution in [0.25, 0.3) is 0 Å². The summed E-state index contributed by atoms with van der Waals surface area (Å²) in [6.45, 7) is 3.32. The number of amides is 2. The Bertz CT molecular complexity index is 1090. The largest absolute Gasteiger partial charge is 0.337 e. The van der Waals surface area contributed by atoms with Crippen LogP contribution in [0.4, 0.5) is 11.4 Å². The van der Waals surface area contributed by atoms with Crippen LogP contribution in [0.15, 0.2) is 66.1 Å². The SMILES string of the molecule is CC1CCN(C(=O)c2cccc(NC(=O)CCn3ccnc3)c2)c2cc(Cl)ccc2S1. The molecule has 0 bridgehead atoms. The average molecular weight is 455 g/mol. The fourth-order valence-electron chi connectivity index (χ4n) is 3.48. The van der Waals surface area contributed by atoms with Gasteiger partial charge in [0.2, 0.25) is 5.91 Å². The van der Waals surface area contributed by atoms with Gasteiger partial charge in [0.15, 0.2) is 0 Å². The Balaban J connectivity index is 1.50. The third kappa shape index (κ3) is 5.29. The van der Waals surface area contributed by atoms with Crippen molar-refractivity contribution in [2.75, 3.05) is 16.8 Å². The van der Waals surface area contributed by atoms with Gasteiger partial charge in [-0.1, -0.05) is 24.6 Å². The summed E-state index contributed by atoms with van der Waals surface area (Å²) in [5.74, 6) is -0.219. The van der Waals surface area contributed by atoms with E-state index in [-0.39, 0.29) is 11.8 Å². The van der Waals surface area contributed by atoms with Crippen molar-refractivity contribution in [2.24, 2.45) is 0 Å². The van der Waals surface area contributed by atoms with E-state index in [0.29, 0.717) is 41.0 Å². The summed E-state index contributed by atoms with van der Waals surface area (Å²) in [6.07, 6.45) is 6.38. The number of benzene rings is 2. The fourth-order valence-corrected chi connectivity index (χ4v) is 4.74. The van der Waals surface area contributed by atoms with Crippen LogP contribution in [-0.2, 0) is 11.3 Å². The van der Waals surface area contributed by atoms with Crippen molar-refractivity contribution in [2.45, 2.75) is 36.5 Å². The summed E-state index contributed by atoms with van der Waals surface area (Å²) in [4.78, 5) is 32.5. The highest BCUT2D eigenvalue weighted by atomic mass is 35.5. The number of carbonyl (C=O) groups excluding carboxylic acids is 2. The van der Waals surface area contributed by atoms with E-state index in [9.17, 15) is 9.59 Å². The lowest BCUT2D eigenvalue weighted by Crippen LogP contribution is -2.32. The van der Waals surface area contributed by atoms with E-state index in [2.05, 4.69) is 17.2 Å². The first kappa shape index (κ1) is 21.5. The lowest BCUT2D eigenvalue weighted by atomic mass is 10.1. The molecule has 6 nitrogen and oxygen atoms in total. The lowest BCUT2D eigenvalue weighted by Gasteiger charge is -2.23. The second-order valence-corrected chi connectivity index (χ2v) is 9.38. The van der Waals surface area contributed by atoms with Crippen molar-refractivity contribution in [3.63, 3.8) is 0 Å². The quantitative estimate of drug-likeness (QED) is 0.582. The molecule has 0 radical (unpaired) electrons. The van der Waals surface area contributed by atoms with Crippen molar-refractivity contribution in [3.05, 3.63) is 71.8 Å². The minimum Gasteiger partial charge on any atom is -0.337 e. The highest BCUT2D eigenvalue weighted by Crippen LogP contribution is 2.39. The van der Waals surface area contributed by atoms with E-state index in [4.69, 9.17) is 11.6 Å². The zero-order chi connectivity index (χ0) is 21.8. The summed E-state index contributed by atoms with van der Waals surface area (Å²) in [5.41, 5.74) is 1.96. The van der Waals surface area contributed by atoms with Gasteiger partial charge in [-0.3, -0.25) is 9.59 Å². The Kier molecular flexibility index (Phi) is 6.63. The lowest BCUT2D eigenvalue weighted by molar-refractivity contribution is -0.116. The molecule has 160 valence electrons. The molecule has 0 aliphatic carbocycles. The highest BCUT2D eigenvalue weighted by Gasteiger charge is 2.25. The van der Waals surface area contributed by atoms with Gasteiger partial charge in [-0.25, -0.2) is 4.98 Å². The topological polar surface area (TPSA) is 67.2 Å². The summed E-state index contributed by atoms with van der Waals surface area (Å²) >= 11 is 7.99. The molecular weight excluding hydrogens is 432 g/mol. The van der Waals surface area contributed by atoms with Gasteiger partial charge in [-0.05, 0) is 42.8 Å². The number of imidazole rings is 1. The van der Waals surface area contributed by atoms with Crippen molar-refractivity contribution in [3.8, 4) is 0 Å². The Hall–Kier alpha value is -2.77. The fraction of sp³-hybridized carbons (Fsp3) is 0.261. The number of fused-ring (bicyclic) bond motifs is 1. The number of aryl methyl sites for hydroxylation is 1. The number of anilines is 2. The number of hydrogen-bond donors (Lipinski definition) is 1. The third-order valence-electron chi connectivity index (χ3n) is 5.09. The van der Waals surface area contributed by atoms with Gasteiger partial charge in [-0.15, -0.1) is 11.8 Å². The van der Waals surface area contributed by atoms with Gasteiger partial charge in [0.25, 0.3) is 5.91 Å². The zero-order valence-corrected chi connectivity index (χ0v) is 18.7. The molecule has 1 aromatic heterocycles. The number of hydrogen-bond acceptors (Lipinski definition) is 4. The molecule has 1 unspecified atom stereocenters. The number of nitrogens with zero attached hydrogens (tertiary/aromatic N) is 3. The molecule has 31 heavy (non-hydrogen) atoms. The van der Waals surface area contributed by atoms with Gasteiger partial charge in [0.1, 0.15) is 0 Å². The number of rotatable bonds is 5. The Labute approximate surface area is 190 Å². The number of thioether (sulfide) groups is 1. The van der Waals surface area contributed by atoms with Crippen molar-refractivity contribution >= 4 is 46.6 Å². The Morgan fingerprint density at radius 1 is 1.26 bits per heavy atom. The van der Waals surface area contributed by atoms with Crippen LogP contribution in [0.2, 0.25) is 5.02 Å². The average Bonchev–Trinajstić information content (AvgIpc) is 3.22. The van der Waals surface area contributed by atoms with E-state index < -0.39 is 0 Å². The molecule has 2 aromatic carbocycles. The van der Waals surface area contributed by atoms with E-state index in [1.807, 2.05) is 29.0 Å². The molecule has 8 heteroatoms. The first-order chi connectivity index (χ1) is 15.0. The normalized spacial score (nSPS) is 15.8. The van der Waals surface area contributed by atoms with Gasteiger partial charge >= 0.3 is 0 Å². The number of halogens is 1. The second-order valence-electron chi connectivity index (χ2n) is 7.47. The van der Waals surface area contributed by atoms with Crippen LogP contribution in [0.5, 0.6) is 0 Å². The molecule has 1 atom stereocenters. The predicted octanol–water partition coefficient (Wildman–Crippen LogP) is 5.10. The monoisotopic (exact) mass is 454 g/mol. The van der Waals surface area contributed by atoms with E-state index >= 15 is 0 Å². The molecule has 0 saturated carbocycles. The maximum absolute atomic E-state index is 13.4. The van der Waals surface area contributed by atoms with Crippen molar-refractivity contribution in [1.29, 1.82) is 0 Å². The zero-order valence-electron chi connectivity index (χ0n) is 17.1. The van der Waals surface area contributed by atoms with Crippen molar-refractivity contribution < 1.29 is 9.59 Å².